The van der Waals surface area contributed by atoms with Crippen LogP contribution in [0.5, 0.6) is 0 Å². The zero-order valence-corrected chi connectivity index (χ0v) is 13.2. The fraction of sp³-hybridized carbons (Fsp3) is 0.100. The van der Waals surface area contributed by atoms with Gasteiger partial charge in [-0.25, -0.2) is 0 Å². The Bertz CT molecular complexity index is 736. The first-order chi connectivity index (χ1) is 11.8. The summed E-state index contributed by atoms with van der Waals surface area (Å²) in [6.45, 7) is 0. The third kappa shape index (κ3) is 3.67. The fourth-order valence-corrected chi connectivity index (χ4v) is 2.59. The summed E-state index contributed by atoms with van der Waals surface area (Å²) in [4.78, 5) is 18.7. The lowest BCUT2D eigenvalue weighted by Crippen LogP contribution is -2.42. The minimum atomic E-state index is -0.624. The van der Waals surface area contributed by atoms with Gasteiger partial charge in [0.05, 0.1) is 11.7 Å². The number of nitrogens with two attached hydrogens (primary N) is 1. The van der Waals surface area contributed by atoms with Gasteiger partial charge in [0.2, 0.25) is 5.91 Å². The molecule has 3 rings (SSSR count). The zero-order valence-electron chi connectivity index (χ0n) is 13.2. The lowest BCUT2D eigenvalue weighted by atomic mass is 10.0. The smallest absolute Gasteiger partial charge is 0.248 e. The number of hydrogen-bond donors (Lipinski definition) is 1. The van der Waals surface area contributed by atoms with Gasteiger partial charge in [-0.1, -0.05) is 48.5 Å². The number of aromatic nitrogens is 1. The van der Waals surface area contributed by atoms with Crippen LogP contribution >= 0.6 is 0 Å². The lowest BCUT2D eigenvalue weighted by Gasteiger charge is -2.26. The molecule has 2 aromatic carbocycles. The average Bonchev–Trinajstić information content (AvgIpc) is 2.64. The van der Waals surface area contributed by atoms with E-state index in [-0.39, 0.29) is 5.91 Å². The van der Waals surface area contributed by atoms with E-state index in [9.17, 15) is 4.79 Å². The molecule has 0 saturated heterocycles. The van der Waals surface area contributed by atoms with Crippen molar-refractivity contribution in [2.24, 2.45) is 5.73 Å². The number of amides is 1. The molecule has 1 heterocycles. The van der Waals surface area contributed by atoms with Crippen LogP contribution in [0.2, 0.25) is 0 Å². The highest BCUT2D eigenvalue weighted by Gasteiger charge is 2.24. The molecule has 0 aliphatic rings. The summed E-state index contributed by atoms with van der Waals surface area (Å²) in [6, 6.07) is 22.3. The molecule has 1 amide bonds. The van der Waals surface area contributed by atoms with Crippen molar-refractivity contribution in [3.63, 3.8) is 0 Å². The minimum absolute atomic E-state index is 0.142. The van der Waals surface area contributed by atoms with E-state index in [4.69, 9.17) is 5.73 Å². The molecule has 0 fully saturated rings. The number of hydrogen-bond acceptors (Lipinski definition) is 3. The Morgan fingerprint density at radius 3 is 2.04 bits per heavy atom. The SMILES string of the molecule is NC(Cc1ccccc1)C(=O)N(c1ccccc1)c1ccncc1. The van der Waals surface area contributed by atoms with Gasteiger partial charge in [-0.3, -0.25) is 14.7 Å². The van der Waals surface area contributed by atoms with Crippen LogP contribution in [0.3, 0.4) is 0 Å². The topological polar surface area (TPSA) is 59.2 Å². The van der Waals surface area contributed by atoms with Crippen LogP contribution in [0.25, 0.3) is 0 Å². The molecule has 0 saturated carbocycles. The molecule has 4 nitrogen and oxygen atoms in total. The number of carbonyl (C=O) groups is 1. The number of nitrogens with zero attached hydrogens (tertiary/aromatic N) is 2. The predicted molar refractivity (Wildman–Crippen MR) is 95.9 cm³/mol. The van der Waals surface area contributed by atoms with Gasteiger partial charge in [0.1, 0.15) is 0 Å². The number of carbonyl (C=O) groups excluding carboxylic acids is 1. The highest BCUT2D eigenvalue weighted by Crippen LogP contribution is 2.25. The maximum absolute atomic E-state index is 13.0. The van der Waals surface area contributed by atoms with E-state index in [1.807, 2.05) is 60.7 Å². The molecular formula is C20H19N3O. The van der Waals surface area contributed by atoms with E-state index < -0.39 is 6.04 Å². The number of pyridine rings is 1. The first-order valence-corrected chi connectivity index (χ1v) is 7.84. The second-order valence-corrected chi connectivity index (χ2v) is 5.51. The van der Waals surface area contributed by atoms with Gasteiger partial charge in [-0.05, 0) is 36.2 Å². The van der Waals surface area contributed by atoms with Gasteiger partial charge in [-0.15, -0.1) is 0 Å². The summed E-state index contributed by atoms with van der Waals surface area (Å²) >= 11 is 0. The molecule has 1 aromatic heterocycles. The average molecular weight is 317 g/mol. The molecule has 4 heteroatoms. The van der Waals surface area contributed by atoms with Crippen molar-refractivity contribution in [3.8, 4) is 0 Å². The van der Waals surface area contributed by atoms with E-state index in [1.54, 1.807) is 29.4 Å². The molecule has 120 valence electrons. The fourth-order valence-electron chi connectivity index (χ4n) is 2.59. The van der Waals surface area contributed by atoms with Crippen LogP contribution in [0.1, 0.15) is 5.56 Å². The highest BCUT2D eigenvalue weighted by molar-refractivity contribution is 6.03. The summed E-state index contributed by atoms with van der Waals surface area (Å²) in [7, 11) is 0. The molecule has 1 atom stereocenters. The van der Waals surface area contributed by atoms with Gasteiger partial charge in [0, 0.05) is 18.1 Å². The number of para-hydroxylation sites is 1. The van der Waals surface area contributed by atoms with E-state index in [0.717, 1.165) is 16.9 Å². The molecule has 24 heavy (non-hydrogen) atoms. The summed E-state index contributed by atoms with van der Waals surface area (Å²) in [5.41, 5.74) is 8.80. The molecule has 2 N–H and O–H groups in total. The second-order valence-electron chi connectivity index (χ2n) is 5.51. The zero-order chi connectivity index (χ0) is 16.8. The van der Waals surface area contributed by atoms with Crippen molar-refractivity contribution in [2.45, 2.75) is 12.5 Å². The van der Waals surface area contributed by atoms with Crippen molar-refractivity contribution in [1.29, 1.82) is 0 Å². The summed E-state index contributed by atoms with van der Waals surface area (Å²) < 4.78 is 0. The Kier molecular flexibility index (Phi) is 4.99. The van der Waals surface area contributed by atoms with E-state index in [2.05, 4.69) is 4.98 Å². The van der Waals surface area contributed by atoms with Crippen molar-refractivity contribution >= 4 is 17.3 Å². The van der Waals surface area contributed by atoms with Gasteiger partial charge in [-0.2, -0.15) is 0 Å². The second kappa shape index (κ2) is 7.53. The van der Waals surface area contributed by atoms with Crippen LogP contribution in [-0.2, 0) is 11.2 Å². The third-order valence-corrected chi connectivity index (χ3v) is 3.77. The summed E-state index contributed by atoms with van der Waals surface area (Å²) in [5.74, 6) is -0.142. The molecule has 0 aliphatic carbocycles. The Morgan fingerprint density at radius 1 is 0.875 bits per heavy atom. The van der Waals surface area contributed by atoms with Crippen molar-refractivity contribution in [1.82, 2.24) is 4.98 Å². The first kappa shape index (κ1) is 15.9. The Labute approximate surface area is 141 Å². The van der Waals surface area contributed by atoms with Gasteiger partial charge >= 0.3 is 0 Å². The molecule has 0 spiro atoms. The maximum Gasteiger partial charge on any atom is 0.248 e. The number of benzene rings is 2. The number of rotatable bonds is 5. The van der Waals surface area contributed by atoms with Crippen LogP contribution in [-0.4, -0.2) is 16.9 Å². The molecular weight excluding hydrogens is 298 g/mol. The lowest BCUT2D eigenvalue weighted by molar-refractivity contribution is -0.119. The van der Waals surface area contributed by atoms with E-state index in [1.165, 1.54) is 0 Å². The molecule has 0 radical (unpaired) electrons. The Morgan fingerprint density at radius 2 is 1.42 bits per heavy atom. The molecule has 1 unspecified atom stereocenters. The standard InChI is InChI=1S/C20H19N3O/c21-19(15-16-7-3-1-4-8-16)20(24)23(17-9-5-2-6-10-17)18-11-13-22-14-12-18/h1-14,19H,15,21H2. The van der Waals surface area contributed by atoms with Crippen LogP contribution in [0.15, 0.2) is 85.2 Å². The van der Waals surface area contributed by atoms with Gasteiger partial charge in [0.15, 0.2) is 0 Å². The minimum Gasteiger partial charge on any atom is -0.320 e. The summed E-state index contributed by atoms with van der Waals surface area (Å²) in [6.07, 6.45) is 3.83. The first-order valence-electron chi connectivity index (χ1n) is 7.84. The van der Waals surface area contributed by atoms with Crippen LogP contribution in [0, 0.1) is 0 Å². The van der Waals surface area contributed by atoms with E-state index in [0.29, 0.717) is 6.42 Å². The highest BCUT2D eigenvalue weighted by atomic mass is 16.2. The molecule has 3 aromatic rings. The van der Waals surface area contributed by atoms with Gasteiger partial charge < -0.3 is 5.73 Å². The molecule has 0 bridgehead atoms. The van der Waals surface area contributed by atoms with Crippen molar-refractivity contribution < 1.29 is 4.79 Å². The predicted octanol–water partition coefficient (Wildman–Crippen LogP) is 3.32. The largest absolute Gasteiger partial charge is 0.320 e. The quantitative estimate of drug-likeness (QED) is 0.785. The van der Waals surface area contributed by atoms with Crippen LogP contribution in [0.4, 0.5) is 11.4 Å². The van der Waals surface area contributed by atoms with Crippen molar-refractivity contribution in [3.05, 3.63) is 90.8 Å². The Balaban J connectivity index is 1.89. The monoisotopic (exact) mass is 317 g/mol. The Hall–Kier alpha value is -2.98. The van der Waals surface area contributed by atoms with Gasteiger partial charge in [0.25, 0.3) is 0 Å². The maximum atomic E-state index is 13.0. The normalized spacial score (nSPS) is 11.7. The summed E-state index contributed by atoms with van der Waals surface area (Å²) in [5, 5.41) is 0. The van der Waals surface area contributed by atoms with E-state index >= 15 is 0 Å². The van der Waals surface area contributed by atoms with Crippen molar-refractivity contribution in [2.75, 3.05) is 4.90 Å². The molecule has 0 aliphatic heterocycles. The third-order valence-electron chi connectivity index (χ3n) is 3.77. The van der Waals surface area contributed by atoms with Crippen LogP contribution < -0.4 is 10.6 Å². The number of anilines is 2.